The second-order valence-electron chi connectivity index (χ2n) is 9.31. The monoisotopic (exact) mass is 585 g/mol. The molecule has 1 aromatic rings. The molecule has 1 heterocycles. The van der Waals surface area contributed by atoms with Crippen LogP contribution in [0.2, 0.25) is 0 Å². The zero-order valence-corrected chi connectivity index (χ0v) is 23.9. The number of benzene rings is 1. The first-order valence-corrected chi connectivity index (χ1v) is 12.9. The molecule has 6 rings (SSSR count). The van der Waals surface area contributed by atoms with Crippen molar-refractivity contribution < 1.29 is 38.9 Å². The molecule has 1 saturated heterocycles. The number of nitrogens with zero attached hydrogens (tertiary/aromatic N) is 1. The summed E-state index contributed by atoms with van der Waals surface area (Å²) in [6, 6.07) is 10.7. The summed E-state index contributed by atoms with van der Waals surface area (Å²) in [5.41, 5.74) is 1.22. The Balaban J connectivity index is 0.000000354. The van der Waals surface area contributed by atoms with E-state index in [1.807, 2.05) is 82.4 Å². The maximum absolute atomic E-state index is 13.5. The topological polar surface area (TPSA) is 20.3 Å². The first-order valence-electron chi connectivity index (χ1n) is 12.9. The van der Waals surface area contributed by atoms with Crippen LogP contribution in [0.1, 0.15) is 25.3 Å². The van der Waals surface area contributed by atoms with E-state index < -0.39 is 0 Å². The van der Waals surface area contributed by atoms with E-state index in [1.165, 1.54) is 17.4 Å². The summed E-state index contributed by atoms with van der Waals surface area (Å²) >= 11 is 0. The van der Waals surface area contributed by atoms with Crippen LogP contribution in [0.15, 0.2) is 30.3 Å². The van der Waals surface area contributed by atoms with Crippen LogP contribution in [0.5, 0.6) is 0 Å². The second kappa shape index (κ2) is 19.0. The molecule has 4 aliphatic carbocycles. The van der Waals surface area contributed by atoms with Gasteiger partial charge in [0, 0.05) is 29.8 Å². The van der Waals surface area contributed by atoms with Crippen LogP contribution in [0.25, 0.3) is 0 Å². The number of carbonyl (C=O) groups is 1. The maximum atomic E-state index is 13.5. The number of hydrogen-bond donors (Lipinski definition) is 0. The summed E-state index contributed by atoms with van der Waals surface area (Å²) in [4.78, 5) is 15.7. The Morgan fingerprint density at radius 2 is 1.03 bits per heavy atom. The molecular weight excluding hydrogens is 550 g/mol. The molecule has 5 fully saturated rings. The zero-order valence-electron chi connectivity index (χ0n) is 21.7. The molecule has 194 valence electrons. The Morgan fingerprint density at radius 3 is 1.39 bits per heavy atom. The van der Waals surface area contributed by atoms with Crippen LogP contribution >= 0.6 is 0 Å². The molecule has 1 aromatic carbocycles. The van der Waals surface area contributed by atoms with Gasteiger partial charge in [-0.25, -0.2) is 0 Å². The van der Waals surface area contributed by atoms with Crippen LogP contribution in [0, 0.1) is 133 Å². The van der Waals surface area contributed by atoms with Gasteiger partial charge < -0.3 is 4.90 Å². The molecule has 1 aliphatic heterocycles. The maximum Gasteiger partial charge on any atom is 2.00 e. The van der Waals surface area contributed by atoms with Crippen LogP contribution < -0.4 is 0 Å². The molecule has 0 aromatic heterocycles. The van der Waals surface area contributed by atoms with E-state index in [0.29, 0.717) is 0 Å². The van der Waals surface area contributed by atoms with Crippen molar-refractivity contribution in [3.8, 4) is 0 Å². The van der Waals surface area contributed by atoms with E-state index in [9.17, 15) is 4.79 Å². The Labute approximate surface area is 256 Å². The fourth-order valence-corrected chi connectivity index (χ4v) is 4.95. The van der Waals surface area contributed by atoms with Crippen LogP contribution in [0.4, 0.5) is 0 Å². The Bertz CT molecular complexity index is 687. The normalized spacial score (nSPS) is 26.0. The van der Waals surface area contributed by atoms with E-state index in [1.54, 1.807) is 0 Å². The smallest absolute Gasteiger partial charge is 0.335 e. The minimum absolute atomic E-state index is 0. The van der Waals surface area contributed by atoms with Gasteiger partial charge in [-0.1, -0.05) is 37.3 Å². The minimum atomic E-state index is -0.0228. The molecule has 38 heavy (non-hydrogen) atoms. The van der Waals surface area contributed by atoms with Gasteiger partial charge in [-0.3, -0.25) is 4.79 Å². The van der Waals surface area contributed by atoms with Crippen molar-refractivity contribution >= 4 is 5.91 Å². The van der Waals surface area contributed by atoms with Crippen molar-refractivity contribution in [3.63, 3.8) is 0 Å². The quantitative estimate of drug-likeness (QED) is 0.385. The van der Waals surface area contributed by atoms with Crippen LogP contribution in [-0.4, -0.2) is 22.9 Å². The molecule has 5 aliphatic rings. The Kier molecular flexibility index (Phi) is 16.9. The predicted molar refractivity (Wildman–Crippen MR) is 147 cm³/mol. The third kappa shape index (κ3) is 10.3. The van der Waals surface area contributed by atoms with E-state index in [0.717, 1.165) is 19.3 Å². The van der Waals surface area contributed by atoms with Gasteiger partial charge in [0.2, 0.25) is 5.91 Å². The summed E-state index contributed by atoms with van der Waals surface area (Å²) in [5.74, 6) is 2.77. The summed E-state index contributed by atoms with van der Waals surface area (Å²) < 4.78 is 0. The third-order valence-corrected chi connectivity index (χ3v) is 6.70. The van der Waals surface area contributed by atoms with Crippen LogP contribution in [-0.2, 0) is 45.4 Å². The number of amides is 1. The fourth-order valence-electron chi connectivity index (χ4n) is 4.95. The molecule has 0 N–H and O–H groups in total. The molecular formula is C34H35Fe2NO+4. The number of likely N-dealkylation sites (tertiary alicyclic amines) is 1. The van der Waals surface area contributed by atoms with E-state index in [4.69, 9.17) is 0 Å². The number of rotatable bonds is 5. The molecule has 1 amide bonds. The predicted octanol–water partition coefficient (Wildman–Crippen LogP) is 6.07. The van der Waals surface area contributed by atoms with E-state index in [-0.39, 0.29) is 58.0 Å². The van der Waals surface area contributed by atoms with Crippen molar-refractivity contribution in [1.82, 2.24) is 4.90 Å². The average Bonchev–Trinajstić information content (AvgIpc) is 3.74. The largest absolute Gasteiger partial charge is 2.00 e. The van der Waals surface area contributed by atoms with Gasteiger partial charge in [0.25, 0.3) is 0 Å². The summed E-state index contributed by atoms with van der Waals surface area (Å²) in [6.45, 7) is 2.07. The molecule has 4 heteroatoms. The average molecular weight is 585 g/mol. The van der Waals surface area contributed by atoms with Crippen molar-refractivity contribution in [2.75, 3.05) is 0 Å². The van der Waals surface area contributed by atoms with Crippen LogP contribution in [0.3, 0.4) is 0 Å². The summed E-state index contributed by atoms with van der Waals surface area (Å²) in [6.07, 6.45) is 39.7. The standard InChI is InChI=1S/C24H25NO.2C5H5.2Fe/c1-18(17-19-9-3-2-4-10-19)24(26)25-22(20-11-5-6-12-20)15-16-23(25)21-13-7-8-14-21;2*1-2-4-5-3-1;;/h2-14,18,22-23H,15-17H2,1H3;2*1-5H;;/q;;;2*+2/t18-,22-,23-;;;;/m1..../s1. The van der Waals surface area contributed by atoms with Gasteiger partial charge in [-0.2, -0.15) is 0 Å². The second-order valence-corrected chi connectivity index (χ2v) is 9.31. The first kappa shape index (κ1) is 33.9. The van der Waals surface area contributed by atoms with E-state index in [2.05, 4.69) is 75.3 Å². The Hall–Kier alpha value is -0.271. The van der Waals surface area contributed by atoms with Crippen molar-refractivity contribution in [2.24, 2.45) is 5.92 Å². The number of carbonyl (C=O) groups excluding carboxylic acids is 1. The first-order chi connectivity index (χ1) is 17.7. The van der Waals surface area contributed by atoms with Crippen molar-refractivity contribution in [3.05, 3.63) is 163 Å². The fraction of sp³-hybridized carbons (Fsp3) is 0.206. The number of hydrogen-bond acceptors (Lipinski definition) is 1. The molecule has 20 radical (unpaired) electrons. The van der Waals surface area contributed by atoms with Gasteiger partial charge in [0.1, 0.15) is 0 Å². The zero-order chi connectivity index (χ0) is 25.0. The molecule has 0 unspecified atom stereocenters. The molecule has 0 spiro atoms. The van der Waals surface area contributed by atoms with Gasteiger partial charge in [-0.05, 0) is 140 Å². The summed E-state index contributed by atoms with van der Waals surface area (Å²) in [5, 5.41) is 0. The SMILES string of the molecule is C[C@H](Cc1ccccc1)C(=O)N1[C@@H]([C]2[CH][CH][CH][CH]2)CC[C@@H]1[C]1[CH][CH][CH][CH]1.[CH]1[CH][CH][CH][CH]1.[CH]1[CH][CH][CH][CH]1.[Fe+2].[Fe+2]. The Morgan fingerprint density at radius 1 is 0.658 bits per heavy atom. The van der Waals surface area contributed by atoms with Gasteiger partial charge in [-0.15, -0.1) is 0 Å². The van der Waals surface area contributed by atoms with Crippen molar-refractivity contribution in [1.29, 1.82) is 0 Å². The third-order valence-electron chi connectivity index (χ3n) is 6.70. The van der Waals surface area contributed by atoms with E-state index >= 15 is 0 Å². The van der Waals surface area contributed by atoms with Gasteiger partial charge >= 0.3 is 34.1 Å². The molecule has 2 nitrogen and oxygen atoms in total. The van der Waals surface area contributed by atoms with Gasteiger partial charge in [0.05, 0.1) is 0 Å². The molecule has 0 bridgehead atoms. The molecule has 3 atom stereocenters. The molecule has 4 saturated carbocycles. The minimum Gasteiger partial charge on any atom is -0.335 e. The van der Waals surface area contributed by atoms with Gasteiger partial charge in [0.15, 0.2) is 0 Å². The van der Waals surface area contributed by atoms with Crippen molar-refractivity contribution in [2.45, 2.75) is 38.3 Å². The summed E-state index contributed by atoms with van der Waals surface area (Å²) in [7, 11) is 0.